The molecule has 1 radical (unpaired) electrons. The van der Waals surface area contributed by atoms with Crippen molar-refractivity contribution >= 4 is 28.3 Å². The maximum Gasteiger partial charge on any atom is 3.00 e. The van der Waals surface area contributed by atoms with Gasteiger partial charge in [-0.25, -0.2) is 0 Å². The van der Waals surface area contributed by atoms with Crippen LogP contribution in [0.3, 0.4) is 0 Å². The zero-order chi connectivity index (χ0) is 0. The van der Waals surface area contributed by atoms with Crippen LogP contribution in [0.5, 0.6) is 0 Å². The quantitative estimate of drug-likeness (QED) is 0.414. The molecule has 0 aliphatic rings. The van der Waals surface area contributed by atoms with E-state index in [0.717, 1.165) is 0 Å². The maximum absolute atomic E-state index is 0. The molecular weight excluding hydrogens is 166 g/mol. The van der Waals surface area contributed by atoms with Crippen LogP contribution in [-0.4, -0.2) is 28.3 Å². The molecule has 0 nitrogen and oxygen atoms in total. The van der Waals surface area contributed by atoms with Gasteiger partial charge in [-0.05, 0) is 0 Å². The van der Waals surface area contributed by atoms with E-state index in [-0.39, 0.29) is 62.2 Å². The van der Waals surface area contributed by atoms with Crippen LogP contribution in [0.4, 0.5) is 0 Å². The molecule has 0 aromatic carbocycles. The Bertz CT molecular complexity index is 8.00. The predicted molar refractivity (Wildman–Crippen MR) is 11.5 cm³/mol. The third-order valence-electron chi connectivity index (χ3n) is 0. The SMILES string of the molecule is [Al+3].[Cr+3].[Ni+2].[Si-6]. The second kappa shape index (κ2) is 21.6. The Kier molecular flexibility index (Phi) is 226. The van der Waals surface area contributed by atoms with Crippen molar-refractivity contribution in [2.24, 2.45) is 0 Å². The van der Waals surface area contributed by atoms with Crippen molar-refractivity contribution in [1.29, 1.82) is 0 Å². The Morgan fingerprint density at radius 2 is 1.00 bits per heavy atom. The first kappa shape index (κ1) is 41.8. The molecule has 4 heteroatoms. The van der Waals surface area contributed by atoms with Crippen molar-refractivity contribution in [3.05, 3.63) is 0 Å². The molecule has 0 amide bonds. The third kappa shape index (κ3) is 9.23. The fourth-order valence-electron chi connectivity index (χ4n) is 0. The van der Waals surface area contributed by atoms with E-state index in [0.29, 0.717) is 0 Å². The summed E-state index contributed by atoms with van der Waals surface area (Å²) in [7, 11) is 0. The van der Waals surface area contributed by atoms with Crippen LogP contribution >= 0.6 is 0 Å². The zero-order valence-corrected chi connectivity index (χ0v) is 6.22. The summed E-state index contributed by atoms with van der Waals surface area (Å²) in [6.07, 6.45) is 0. The molecule has 0 bridgehead atoms. The van der Waals surface area contributed by atoms with E-state index >= 15 is 0 Å². The summed E-state index contributed by atoms with van der Waals surface area (Å²) in [6, 6.07) is 0. The Labute approximate surface area is 61.9 Å². The van der Waals surface area contributed by atoms with Gasteiger partial charge in [0.2, 0.25) is 0 Å². The molecule has 0 fully saturated rings. The monoisotopic (exact) mass is 165 g/mol. The minimum Gasteiger partial charge on any atom is -6.00 e. The summed E-state index contributed by atoms with van der Waals surface area (Å²) in [6.45, 7) is 0. The van der Waals surface area contributed by atoms with Crippen molar-refractivity contribution in [1.82, 2.24) is 0 Å². The Morgan fingerprint density at radius 3 is 1.00 bits per heavy atom. The molecule has 0 spiro atoms. The normalized spacial score (nSPS) is 0. The van der Waals surface area contributed by atoms with Gasteiger partial charge in [-0.3, -0.25) is 0 Å². The Hall–Kier alpha value is 1.78. The topological polar surface area (TPSA) is 0 Å². The molecule has 0 rings (SSSR count). The summed E-state index contributed by atoms with van der Waals surface area (Å²) < 4.78 is 0. The van der Waals surface area contributed by atoms with Gasteiger partial charge in [0.25, 0.3) is 0 Å². The van der Waals surface area contributed by atoms with Crippen LogP contribution in [0.2, 0.25) is 0 Å². The van der Waals surface area contributed by atoms with Gasteiger partial charge >= 0.3 is 51.2 Å². The zero-order valence-electron chi connectivity index (χ0n) is 1.80. The molecule has 0 atom stereocenters. The van der Waals surface area contributed by atoms with Gasteiger partial charge in [-0.2, -0.15) is 0 Å². The molecule has 21 valence electrons. The van der Waals surface area contributed by atoms with E-state index in [1.807, 2.05) is 0 Å². The summed E-state index contributed by atoms with van der Waals surface area (Å²) in [5.41, 5.74) is 0. The Balaban J connectivity index is 0. The van der Waals surface area contributed by atoms with E-state index in [1.54, 1.807) is 0 Å². The first-order valence-electron chi connectivity index (χ1n) is 0. The number of hydrogen-bond acceptors (Lipinski definition) is 0. The largest absolute Gasteiger partial charge is 6.00 e. The molecule has 0 aliphatic carbocycles. The molecule has 0 unspecified atom stereocenters. The van der Waals surface area contributed by atoms with Gasteiger partial charge < -0.3 is 11.0 Å². The van der Waals surface area contributed by atoms with E-state index in [4.69, 9.17) is 0 Å². The second-order valence-corrected chi connectivity index (χ2v) is 0. The van der Waals surface area contributed by atoms with Crippen molar-refractivity contribution < 1.29 is 33.9 Å². The summed E-state index contributed by atoms with van der Waals surface area (Å²) >= 11 is 0. The second-order valence-electron chi connectivity index (χ2n) is 0. The van der Waals surface area contributed by atoms with Gasteiger partial charge in [-0.15, -0.1) is 0 Å². The summed E-state index contributed by atoms with van der Waals surface area (Å²) in [4.78, 5) is 0. The summed E-state index contributed by atoms with van der Waals surface area (Å²) in [5, 5.41) is 0. The van der Waals surface area contributed by atoms with Gasteiger partial charge in [0.1, 0.15) is 0 Å². The van der Waals surface area contributed by atoms with Crippen molar-refractivity contribution in [3.8, 4) is 0 Å². The molecule has 0 aromatic rings. The van der Waals surface area contributed by atoms with Crippen LogP contribution in [0, 0.1) is 0 Å². The first-order chi connectivity index (χ1) is 0. The van der Waals surface area contributed by atoms with E-state index in [1.165, 1.54) is 0 Å². The van der Waals surface area contributed by atoms with Crippen LogP contribution in [0.25, 0.3) is 0 Å². The molecule has 0 saturated heterocycles. The fourth-order valence-corrected chi connectivity index (χ4v) is 0. The fraction of sp³-hybridized carbons (Fsp3) is 0. The van der Waals surface area contributed by atoms with Crippen LogP contribution in [0.1, 0.15) is 0 Å². The number of hydrogen-bond donors (Lipinski definition) is 0. The average molecular weight is 166 g/mol. The molecule has 0 aliphatic heterocycles. The molecule has 4 heavy (non-hydrogen) atoms. The van der Waals surface area contributed by atoms with Gasteiger partial charge in [0.15, 0.2) is 0 Å². The van der Waals surface area contributed by atoms with Crippen LogP contribution in [0.15, 0.2) is 0 Å². The van der Waals surface area contributed by atoms with Gasteiger partial charge in [0.05, 0.1) is 0 Å². The smallest absolute Gasteiger partial charge is 3.00 e. The molecule has 0 heterocycles. The maximum atomic E-state index is 0. The standard InChI is InChI=1S/Al.Cr.Ni.Si/q2*+3;+2;-6. The van der Waals surface area contributed by atoms with Crippen molar-refractivity contribution in [3.63, 3.8) is 0 Å². The van der Waals surface area contributed by atoms with E-state index in [2.05, 4.69) is 0 Å². The van der Waals surface area contributed by atoms with Crippen LogP contribution in [-0.2, 0) is 33.9 Å². The van der Waals surface area contributed by atoms with Gasteiger partial charge in [-0.1, -0.05) is 0 Å². The minimum absolute atomic E-state index is 0. The summed E-state index contributed by atoms with van der Waals surface area (Å²) in [5.74, 6) is 0. The van der Waals surface area contributed by atoms with E-state index in [9.17, 15) is 0 Å². The molecular formula is AlCrNiSi+2. The first-order valence-corrected chi connectivity index (χ1v) is 0. The molecule has 0 N–H and O–H groups in total. The van der Waals surface area contributed by atoms with Gasteiger partial charge in [0, 0.05) is 0 Å². The third-order valence-corrected chi connectivity index (χ3v) is 0. The molecule has 0 aromatic heterocycles. The molecule has 0 saturated carbocycles. The Morgan fingerprint density at radius 1 is 1.00 bits per heavy atom. The van der Waals surface area contributed by atoms with Crippen molar-refractivity contribution in [2.75, 3.05) is 0 Å². The average Bonchev–Trinajstić information content (AvgIpc) is 0. The minimum atomic E-state index is 0. The number of rotatable bonds is 0. The van der Waals surface area contributed by atoms with Crippen LogP contribution < -0.4 is 0 Å². The predicted octanol–water partition coefficient (Wildman–Crippen LogP) is -0.767. The van der Waals surface area contributed by atoms with Crippen molar-refractivity contribution in [2.45, 2.75) is 0 Å². The van der Waals surface area contributed by atoms with E-state index < -0.39 is 0 Å².